The maximum atomic E-state index is 12.9. The van der Waals surface area contributed by atoms with Gasteiger partial charge < -0.3 is 9.80 Å². The number of ketones is 2. The molecule has 0 saturated heterocycles. The summed E-state index contributed by atoms with van der Waals surface area (Å²) in [5, 5.41) is 0. The molecule has 0 spiro atoms. The van der Waals surface area contributed by atoms with Crippen LogP contribution in [0.25, 0.3) is 0 Å². The molecule has 0 bridgehead atoms. The number of nitrogens with zero attached hydrogens (tertiary/aromatic N) is 2. The third-order valence-electron chi connectivity index (χ3n) is 5.96. The quantitative estimate of drug-likeness (QED) is 0.174. The van der Waals surface area contributed by atoms with Crippen LogP contribution in [-0.2, 0) is 19.2 Å². The van der Waals surface area contributed by atoms with E-state index >= 15 is 0 Å². The van der Waals surface area contributed by atoms with E-state index in [1.807, 2.05) is 18.7 Å². The first-order chi connectivity index (χ1) is 15.5. The largest absolute Gasteiger partial charge is 0.348 e. The Labute approximate surface area is 202 Å². The number of unbranched alkanes of at least 4 members (excludes halogenated alkanes) is 8. The Morgan fingerprint density at radius 1 is 0.606 bits per heavy atom. The topological polar surface area (TPSA) is 74.8 Å². The Morgan fingerprint density at radius 3 is 1.39 bits per heavy atom. The van der Waals surface area contributed by atoms with Crippen LogP contribution in [0.15, 0.2) is 0 Å². The predicted molar refractivity (Wildman–Crippen MR) is 135 cm³/mol. The molecule has 0 N–H and O–H groups in total. The highest BCUT2D eigenvalue weighted by atomic mass is 16.2. The summed E-state index contributed by atoms with van der Waals surface area (Å²) in [7, 11) is 3.24. The Kier molecular flexibility index (Phi) is 16.8. The molecule has 0 aliphatic rings. The highest BCUT2D eigenvalue weighted by Crippen LogP contribution is 2.27. The SMILES string of the molecule is CCCCCCCN(CCCCCCC)C(=O)CC(=O)CC(C)(C)CC(=O)CC(=O)N(C)C. The van der Waals surface area contributed by atoms with Gasteiger partial charge in [-0.2, -0.15) is 0 Å². The van der Waals surface area contributed by atoms with Gasteiger partial charge >= 0.3 is 0 Å². The van der Waals surface area contributed by atoms with Gasteiger partial charge in [0.1, 0.15) is 11.6 Å². The van der Waals surface area contributed by atoms with Crippen LogP contribution in [0, 0.1) is 5.41 Å². The van der Waals surface area contributed by atoms with E-state index in [0.29, 0.717) is 0 Å². The van der Waals surface area contributed by atoms with Gasteiger partial charge in [-0.25, -0.2) is 0 Å². The van der Waals surface area contributed by atoms with Crippen LogP contribution in [0.5, 0.6) is 0 Å². The van der Waals surface area contributed by atoms with Crippen molar-refractivity contribution in [2.75, 3.05) is 27.2 Å². The van der Waals surface area contributed by atoms with Gasteiger partial charge in [0.05, 0.1) is 12.8 Å². The van der Waals surface area contributed by atoms with Gasteiger partial charge in [-0.15, -0.1) is 0 Å². The molecule has 0 aliphatic carbocycles. The minimum atomic E-state index is -0.563. The van der Waals surface area contributed by atoms with Crippen molar-refractivity contribution in [2.24, 2.45) is 5.41 Å². The van der Waals surface area contributed by atoms with E-state index in [4.69, 9.17) is 0 Å². The minimum absolute atomic E-state index is 0.0871. The summed E-state index contributed by atoms with van der Waals surface area (Å²) in [6, 6.07) is 0. The zero-order chi connectivity index (χ0) is 25.3. The monoisotopic (exact) mass is 466 g/mol. The molecule has 0 fully saturated rings. The second-order valence-corrected chi connectivity index (χ2v) is 10.4. The van der Waals surface area contributed by atoms with Crippen molar-refractivity contribution in [1.82, 2.24) is 9.80 Å². The van der Waals surface area contributed by atoms with E-state index in [-0.39, 0.29) is 49.1 Å². The van der Waals surface area contributed by atoms with Gasteiger partial charge in [0.2, 0.25) is 11.8 Å². The Balaban J connectivity index is 4.72. The lowest BCUT2D eigenvalue weighted by Crippen LogP contribution is -2.35. The Bertz CT molecular complexity index is 585. The molecule has 6 heteroatoms. The highest BCUT2D eigenvalue weighted by Gasteiger charge is 2.28. The fourth-order valence-electron chi connectivity index (χ4n) is 4.04. The number of carbonyl (C=O) groups excluding carboxylic acids is 4. The van der Waals surface area contributed by atoms with Crippen LogP contribution in [0.2, 0.25) is 0 Å². The number of carbonyl (C=O) groups is 4. The summed E-state index contributed by atoms with van der Waals surface area (Å²) in [4.78, 5) is 52.9. The van der Waals surface area contributed by atoms with Crippen molar-refractivity contribution in [3.63, 3.8) is 0 Å². The number of hydrogen-bond acceptors (Lipinski definition) is 4. The van der Waals surface area contributed by atoms with Crippen molar-refractivity contribution in [3.8, 4) is 0 Å². The fraction of sp³-hybridized carbons (Fsp3) is 0.852. The molecule has 2 amide bonds. The maximum absolute atomic E-state index is 12.9. The average molecular weight is 467 g/mol. The number of hydrogen-bond donors (Lipinski definition) is 0. The summed E-state index contributed by atoms with van der Waals surface area (Å²) in [6.45, 7) is 9.52. The zero-order valence-electron chi connectivity index (χ0n) is 22.3. The molecule has 192 valence electrons. The number of Topliss-reactive ketones (excluding diaryl/α,β-unsaturated/α-hetero) is 2. The summed E-state index contributed by atoms with van der Waals surface area (Å²) < 4.78 is 0. The average Bonchev–Trinajstić information content (AvgIpc) is 2.70. The third-order valence-corrected chi connectivity index (χ3v) is 5.96. The van der Waals surface area contributed by atoms with Crippen LogP contribution in [0.3, 0.4) is 0 Å². The van der Waals surface area contributed by atoms with Gasteiger partial charge in [0.25, 0.3) is 0 Å². The first kappa shape index (κ1) is 31.3. The predicted octanol–water partition coefficient (Wildman–Crippen LogP) is 5.57. The van der Waals surface area contributed by atoms with E-state index in [0.717, 1.165) is 38.8 Å². The second-order valence-electron chi connectivity index (χ2n) is 10.4. The van der Waals surface area contributed by atoms with E-state index in [9.17, 15) is 19.2 Å². The molecular weight excluding hydrogens is 416 g/mol. The highest BCUT2D eigenvalue weighted by molar-refractivity contribution is 6.00. The lowest BCUT2D eigenvalue weighted by Gasteiger charge is -2.25. The van der Waals surface area contributed by atoms with E-state index in [2.05, 4.69) is 13.8 Å². The van der Waals surface area contributed by atoms with Crippen molar-refractivity contribution in [1.29, 1.82) is 0 Å². The fourth-order valence-corrected chi connectivity index (χ4v) is 4.04. The van der Waals surface area contributed by atoms with Crippen molar-refractivity contribution in [3.05, 3.63) is 0 Å². The van der Waals surface area contributed by atoms with Crippen molar-refractivity contribution in [2.45, 2.75) is 118 Å². The van der Waals surface area contributed by atoms with E-state index in [1.165, 1.54) is 43.4 Å². The van der Waals surface area contributed by atoms with Gasteiger partial charge in [-0.05, 0) is 18.3 Å². The zero-order valence-corrected chi connectivity index (χ0v) is 22.3. The molecule has 0 aromatic heterocycles. The van der Waals surface area contributed by atoms with Gasteiger partial charge in [-0.3, -0.25) is 19.2 Å². The van der Waals surface area contributed by atoms with E-state index < -0.39 is 5.41 Å². The lowest BCUT2D eigenvalue weighted by atomic mass is 9.81. The summed E-state index contributed by atoms with van der Waals surface area (Å²) >= 11 is 0. The first-order valence-corrected chi connectivity index (χ1v) is 13.0. The molecule has 0 heterocycles. The second kappa shape index (κ2) is 17.7. The molecule has 6 nitrogen and oxygen atoms in total. The van der Waals surface area contributed by atoms with Gasteiger partial charge in [-0.1, -0.05) is 79.1 Å². The van der Waals surface area contributed by atoms with Gasteiger partial charge in [0.15, 0.2) is 0 Å². The standard InChI is InChI=1S/C27H50N2O4/c1-7-9-11-13-15-17-29(18-16-14-12-10-8-2)26(33)20-24(31)22-27(3,4)21-23(30)19-25(32)28(5)6/h7-22H2,1-6H3. The van der Waals surface area contributed by atoms with E-state index in [1.54, 1.807) is 14.1 Å². The molecule has 0 saturated carbocycles. The summed E-state index contributed by atoms with van der Waals surface area (Å²) in [5.41, 5.74) is -0.563. The van der Waals surface area contributed by atoms with Crippen molar-refractivity contribution >= 4 is 23.4 Å². The lowest BCUT2D eigenvalue weighted by molar-refractivity contribution is -0.136. The first-order valence-electron chi connectivity index (χ1n) is 13.0. The molecule has 0 atom stereocenters. The maximum Gasteiger partial charge on any atom is 0.230 e. The molecule has 0 aromatic rings. The molecule has 0 aliphatic heterocycles. The summed E-state index contributed by atoms with van der Waals surface area (Å²) in [6.07, 6.45) is 11.5. The van der Waals surface area contributed by atoms with Crippen molar-refractivity contribution < 1.29 is 19.2 Å². The van der Waals surface area contributed by atoms with Crippen LogP contribution in [0.1, 0.15) is 118 Å². The van der Waals surface area contributed by atoms with Crippen LogP contribution in [-0.4, -0.2) is 60.4 Å². The van der Waals surface area contributed by atoms with Crippen LogP contribution >= 0.6 is 0 Å². The molecule has 0 unspecified atom stereocenters. The molecule has 0 rings (SSSR count). The summed E-state index contributed by atoms with van der Waals surface area (Å²) in [5.74, 6) is -0.612. The van der Waals surface area contributed by atoms with Crippen LogP contribution in [0.4, 0.5) is 0 Å². The number of amides is 2. The normalized spacial score (nSPS) is 11.3. The molecule has 0 radical (unpaired) electrons. The van der Waals surface area contributed by atoms with Crippen LogP contribution < -0.4 is 0 Å². The molecular formula is C27H50N2O4. The Hall–Kier alpha value is -1.72. The smallest absolute Gasteiger partial charge is 0.230 e. The number of rotatable bonds is 20. The Morgan fingerprint density at radius 2 is 1.00 bits per heavy atom. The molecule has 33 heavy (non-hydrogen) atoms. The molecule has 0 aromatic carbocycles. The van der Waals surface area contributed by atoms with Gasteiger partial charge in [0, 0.05) is 40.0 Å². The minimum Gasteiger partial charge on any atom is -0.348 e. The third kappa shape index (κ3) is 16.5.